The number of carboxylic acid groups (broad SMARTS) is 1. The Balaban J connectivity index is 1.80. The number of carbonyl (C=O) groups is 4. The summed E-state index contributed by atoms with van der Waals surface area (Å²) in [5, 5.41) is 12.9. The lowest BCUT2D eigenvalue weighted by molar-refractivity contribution is -0.0416. The van der Waals surface area contributed by atoms with Crippen molar-refractivity contribution in [2.45, 2.75) is 25.1 Å². The molecule has 3 aromatic rings. The molecule has 14 heteroatoms. The van der Waals surface area contributed by atoms with Gasteiger partial charge in [-0.25, -0.2) is 14.0 Å². The van der Waals surface area contributed by atoms with Crippen molar-refractivity contribution in [2.75, 3.05) is 41.5 Å². The third-order valence-corrected chi connectivity index (χ3v) is 7.39. The fourth-order valence-corrected chi connectivity index (χ4v) is 5.20. The van der Waals surface area contributed by atoms with E-state index in [1.54, 1.807) is 18.2 Å². The summed E-state index contributed by atoms with van der Waals surface area (Å²) in [6, 6.07) is 14.4. The number of nitrogens with one attached hydrogen (secondary N) is 1. The van der Waals surface area contributed by atoms with Crippen LogP contribution in [0.5, 0.6) is 17.2 Å². The predicted octanol–water partition coefficient (Wildman–Crippen LogP) is 4.35. The van der Waals surface area contributed by atoms with Crippen LogP contribution in [-0.4, -0.2) is 87.5 Å². The molecule has 2 amide bonds. The number of amides is 2. The monoisotopic (exact) mass is 654 g/mol. The Kier molecular flexibility index (Phi) is 12.1. The van der Waals surface area contributed by atoms with Gasteiger partial charge in [0.15, 0.2) is 30.9 Å². The Morgan fingerprint density at radius 1 is 0.872 bits per heavy atom. The van der Waals surface area contributed by atoms with Crippen LogP contribution in [0.15, 0.2) is 66.7 Å². The minimum atomic E-state index is -1.69. The van der Waals surface area contributed by atoms with Crippen LogP contribution in [0.4, 0.5) is 9.18 Å². The first-order valence-corrected chi connectivity index (χ1v) is 14.5. The summed E-state index contributed by atoms with van der Waals surface area (Å²) in [5.41, 5.74) is -0.269. The van der Waals surface area contributed by atoms with Crippen molar-refractivity contribution < 1.29 is 57.1 Å². The predicted molar refractivity (Wildman–Crippen MR) is 163 cm³/mol. The standard InChI is InChI=1S/C33H35FN2O11/c1-42-18-45-24-15-14-21(17-26(24)44-3)30(38)35-28-22(29(37)27-23(34)12-7-13-25(27)46-19-43-2)11-8-16-36(33(40)41)31(28)47-32(39)20-9-5-4-6-10-20/h4-7,9-10,12-15,17,22,28,31H,8,11,16,18-19H2,1-3H3,(H,35,38)(H,40,41). The second-order valence-corrected chi connectivity index (χ2v) is 10.3. The Labute approximate surface area is 270 Å². The van der Waals surface area contributed by atoms with Gasteiger partial charge in [0.1, 0.15) is 11.6 Å². The van der Waals surface area contributed by atoms with Gasteiger partial charge in [-0.3, -0.25) is 14.5 Å². The molecule has 1 aliphatic rings. The van der Waals surface area contributed by atoms with E-state index in [4.69, 9.17) is 28.4 Å². The molecule has 0 bridgehead atoms. The summed E-state index contributed by atoms with van der Waals surface area (Å²) in [6.07, 6.45) is -3.03. The minimum absolute atomic E-state index is 0.00187. The van der Waals surface area contributed by atoms with E-state index in [1.165, 1.54) is 63.8 Å². The van der Waals surface area contributed by atoms with E-state index < -0.39 is 53.3 Å². The van der Waals surface area contributed by atoms with Gasteiger partial charge in [-0.2, -0.15) is 0 Å². The lowest BCUT2D eigenvalue weighted by Crippen LogP contribution is -2.58. The average molecular weight is 655 g/mol. The molecule has 0 radical (unpaired) electrons. The highest BCUT2D eigenvalue weighted by Gasteiger charge is 2.46. The number of methoxy groups -OCH3 is 3. The molecule has 0 aliphatic carbocycles. The van der Waals surface area contributed by atoms with Gasteiger partial charge in [0.2, 0.25) is 6.23 Å². The first-order valence-electron chi connectivity index (χ1n) is 14.5. The van der Waals surface area contributed by atoms with Crippen LogP contribution in [0.25, 0.3) is 0 Å². The second kappa shape index (κ2) is 16.4. The number of ether oxygens (including phenoxy) is 6. The van der Waals surface area contributed by atoms with Crippen LogP contribution < -0.4 is 19.5 Å². The zero-order valence-corrected chi connectivity index (χ0v) is 26.0. The number of halogens is 1. The molecule has 2 N–H and O–H groups in total. The molecular formula is C33H35FN2O11. The Hall–Kier alpha value is -5.21. The Morgan fingerprint density at radius 2 is 1.57 bits per heavy atom. The van der Waals surface area contributed by atoms with Gasteiger partial charge in [0.25, 0.3) is 5.91 Å². The number of benzene rings is 3. The number of hydrogen-bond donors (Lipinski definition) is 2. The summed E-state index contributed by atoms with van der Waals surface area (Å²) < 4.78 is 47.2. The van der Waals surface area contributed by atoms with E-state index in [9.17, 15) is 24.3 Å². The molecule has 1 heterocycles. The smallest absolute Gasteiger partial charge is 0.410 e. The van der Waals surface area contributed by atoms with E-state index in [0.717, 1.165) is 11.0 Å². The van der Waals surface area contributed by atoms with Crippen molar-refractivity contribution in [3.63, 3.8) is 0 Å². The molecule has 0 spiro atoms. The van der Waals surface area contributed by atoms with E-state index in [2.05, 4.69) is 5.32 Å². The van der Waals surface area contributed by atoms with Crippen LogP contribution in [0.3, 0.4) is 0 Å². The summed E-state index contributed by atoms with van der Waals surface area (Å²) in [5.74, 6) is -4.28. The van der Waals surface area contributed by atoms with Crippen LogP contribution in [-0.2, 0) is 14.2 Å². The van der Waals surface area contributed by atoms with Gasteiger partial charge < -0.3 is 38.8 Å². The molecule has 1 fully saturated rings. The molecule has 0 saturated carbocycles. The number of rotatable bonds is 13. The first-order chi connectivity index (χ1) is 22.7. The van der Waals surface area contributed by atoms with Crippen LogP contribution in [0, 0.1) is 11.7 Å². The molecular weight excluding hydrogens is 619 g/mol. The van der Waals surface area contributed by atoms with Gasteiger partial charge in [-0.1, -0.05) is 24.3 Å². The lowest BCUT2D eigenvalue weighted by Gasteiger charge is -2.35. The van der Waals surface area contributed by atoms with Crippen LogP contribution in [0.2, 0.25) is 0 Å². The van der Waals surface area contributed by atoms with Gasteiger partial charge in [0.05, 0.1) is 24.3 Å². The van der Waals surface area contributed by atoms with E-state index in [-0.39, 0.29) is 61.3 Å². The zero-order chi connectivity index (χ0) is 33.9. The maximum Gasteiger partial charge on any atom is 0.410 e. The highest BCUT2D eigenvalue weighted by Crippen LogP contribution is 2.33. The van der Waals surface area contributed by atoms with Crippen molar-refractivity contribution in [2.24, 2.45) is 5.92 Å². The lowest BCUT2D eigenvalue weighted by atomic mass is 9.86. The molecule has 1 aliphatic heterocycles. The SMILES string of the molecule is COCOc1ccc(C(=O)NC2C(C(=O)c3c(F)cccc3OCOC)CCCN(C(=O)O)C2OC(=O)c2ccccc2)cc1OC. The second-order valence-electron chi connectivity index (χ2n) is 10.3. The fraction of sp³-hybridized carbons (Fsp3) is 0.333. The highest BCUT2D eigenvalue weighted by molar-refractivity contribution is 6.02. The summed E-state index contributed by atoms with van der Waals surface area (Å²) in [4.78, 5) is 54.7. The number of hydrogen-bond acceptors (Lipinski definition) is 10. The Morgan fingerprint density at radius 3 is 2.23 bits per heavy atom. The minimum Gasteiger partial charge on any atom is -0.493 e. The van der Waals surface area contributed by atoms with E-state index in [1.807, 2.05) is 0 Å². The zero-order valence-electron chi connectivity index (χ0n) is 26.0. The molecule has 47 heavy (non-hydrogen) atoms. The van der Waals surface area contributed by atoms with E-state index >= 15 is 4.39 Å². The van der Waals surface area contributed by atoms with Crippen molar-refractivity contribution in [3.05, 3.63) is 89.2 Å². The summed E-state index contributed by atoms with van der Waals surface area (Å²) in [6.45, 7) is -0.522. The highest BCUT2D eigenvalue weighted by atomic mass is 19.1. The van der Waals surface area contributed by atoms with Gasteiger partial charge in [0, 0.05) is 32.2 Å². The maximum absolute atomic E-state index is 15.3. The van der Waals surface area contributed by atoms with Gasteiger partial charge in [-0.15, -0.1) is 0 Å². The Bertz CT molecular complexity index is 1570. The molecule has 3 atom stereocenters. The fourth-order valence-electron chi connectivity index (χ4n) is 5.20. The quantitative estimate of drug-likeness (QED) is 0.153. The third-order valence-electron chi connectivity index (χ3n) is 7.39. The van der Waals surface area contributed by atoms with Crippen molar-refractivity contribution in [1.29, 1.82) is 0 Å². The molecule has 0 aromatic heterocycles. The summed E-state index contributed by atoms with van der Waals surface area (Å²) >= 11 is 0. The third kappa shape index (κ3) is 8.34. The van der Waals surface area contributed by atoms with Crippen molar-refractivity contribution >= 4 is 23.8 Å². The average Bonchev–Trinajstić information content (AvgIpc) is 3.25. The molecule has 4 rings (SSSR count). The number of carbonyl (C=O) groups excluding carboxylic acids is 3. The maximum atomic E-state index is 15.3. The van der Waals surface area contributed by atoms with Crippen LogP contribution in [0.1, 0.15) is 43.9 Å². The number of likely N-dealkylation sites (tertiary alicyclic amines) is 1. The normalized spacial score (nSPS) is 17.6. The number of esters is 1. The molecule has 1 saturated heterocycles. The largest absolute Gasteiger partial charge is 0.493 e. The topological polar surface area (TPSA) is 159 Å². The molecule has 250 valence electrons. The van der Waals surface area contributed by atoms with Crippen molar-refractivity contribution in [3.8, 4) is 17.2 Å². The molecule has 13 nitrogen and oxygen atoms in total. The molecule has 3 unspecified atom stereocenters. The number of Topliss-reactive ketones (excluding diaryl/α,β-unsaturated/α-hetero) is 1. The summed E-state index contributed by atoms with van der Waals surface area (Å²) in [7, 11) is 4.17. The number of nitrogens with zero attached hydrogens (tertiary/aromatic N) is 1. The van der Waals surface area contributed by atoms with Crippen LogP contribution >= 0.6 is 0 Å². The van der Waals surface area contributed by atoms with Crippen molar-refractivity contribution in [1.82, 2.24) is 10.2 Å². The number of ketones is 1. The van der Waals surface area contributed by atoms with E-state index in [0.29, 0.717) is 0 Å². The first kappa shape index (κ1) is 34.7. The van der Waals surface area contributed by atoms with Gasteiger partial charge >= 0.3 is 12.1 Å². The van der Waals surface area contributed by atoms with Gasteiger partial charge in [-0.05, 0) is 55.3 Å². The molecule has 3 aromatic carbocycles.